The molecular formula is C10H17F2NO2. The highest BCUT2D eigenvalue weighted by atomic mass is 19.3. The number of alkyl halides is 2. The van der Waals surface area contributed by atoms with Crippen molar-refractivity contribution in [3.8, 4) is 0 Å². The summed E-state index contributed by atoms with van der Waals surface area (Å²) in [5.41, 5.74) is -0.388. The molecule has 1 rings (SSSR count). The summed E-state index contributed by atoms with van der Waals surface area (Å²) in [5, 5.41) is 2.65. The summed E-state index contributed by atoms with van der Waals surface area (Å²) in [7, 11) is 0. The molecule has 1 N–H and O–H groups in total. The van der Waals surface area contributed by atoms with Crippen LogP contribution < -0.4 is 5.32 Å². The molecule has 0 atom stereocenters. The quantitative estimate of drug-likeness (QED) is 0.788. The fourth-order valence-corrected chi connectivity index (χ4v) is 1.61. The van der Waals surface area contributed by atoms with Crippen LogP contribution in [-0.4, -0.2) is 30.6 Å². The monoisotopic (exact) mass is 221 g/mol. The van der Waals surface area contributed by atoms with Crippen LogP contribution in [0.25, 0.3) is 0 Å². The Morgan fingerprint density at radius 3 is 2.47 bits per heavy atom. The third kappa shape index (κ3) is 4.55. The van der Waals surface area contributed by atoms with Crippen molar-refractivity contribution in [3.05, 3.63) is 0 Å². The maximum absolute atomic E-state index is 12.6. The lowest BCUT2D eigenvalue weighted by Gasteiger charge is -2.34. The van der Waals surface area contributed by atoms with E-state index in [1.54, 1.807) is 0 Å². The molecule has 0 bridgehead atoms. The first-order chi connectivity index (χ1) is 6.81. The lowest BCUT2D eigenvalue weighted by atomic mass is 9.92. The second-order valence-corrected chi connectivity index (χ2v) is 4.47. The smallest absolute Gasteiger partial charge is 0.254 e. The third-order valence-corrected chi connectivity index (χ3v) is 2.51. The number of halogens is 2. The van der Waals surface area contributed by atoms with Gasteiger partial charge in [0.1, 0.15) is 0 Å². The Morgan fingerprint density at radius 1 is 1.47 bits per heavy atom. The van der Waals surface area contributed by atoms with Crippen molar-refractivity contribution in [3.63, 3.8) is 0 Å². The number of carbonyl (C=O) groups is 1. The molecule has 1 fully saturated rings. The van der Waals surface area contributed by atoms with Gasteiger partial charge < -0.3 is 10.1 Å². The molecule has 1 aliphatic rings. The van der Waals surface area contributed by atoms with Gasteiger partial charge in [-0.15, -0.1) is 0 Å². The number of rotatable bonds is 3. The minimum atomic E-state index is -2.94. The van der Waals surface area contributed by atoms with Crippen LogP contribution in [0.1, 0.15) is 33.1 Å². The molecule has 0 saturated carbocycles. The maximum atomic E-state index is 12.6. The molecule has 0 spiro atoms. The van der Waals surface area contributed by atoms with Crippen LogP contribution in [-0.2, 0) is 9.53 Å². The van der Waals surface area contributed by atoms with Gasteiger partial charge in [-0.1, -0.05) is 0 Å². The van der Waals surface area contributed by atoms with E-state index in [4.69, 9.17) is 4.74 Å². The van der Waals surface area contributed by atoms with Gasteiger partial charge in [-0.3, -0.25) is 4.79 Å². The molecule has 1 aliphatic heterocycles. The van der Waals surface area contributed by atoms with E-state index in [0.717, 1.165) is 6.92 Å². The number of ether oxygens (including phenoxy) is 1. The molecular weight excluding hydrogens is 204 g/mol. The van der Waals surface area contributed by atoms with Gasteiger partial charge in [0.25, 0.3) is 5.92 Å². The zero-order valence-electron chi connectivity index (χ0n) is 9.11. The average molecular weight is 221 g/mol. The molecule has 0 aromatic carbocycles. The van der Waals surface area contributed by atoms with Crippen LogP contribution in [0, 0.1) is 0 Å². The summed E-state index contributed by atoms with van der Waals surface area (Å²) in [6.07, 6.45) is 0.603. The van der Waals surface area contributed by atoms with E-state index in [9.17, 15) is 13.6 Å². The van der Waals surface area contributed by atoms with E-state index in [1.165, 1.54) is 0 Å². The van der Waals surface area contributed by atoms with E-state index < -0.39 is 18.3 Å². The van der Waals surface area contributed by atoms with Gasteiger partial charge in [-0.25, -0.2) is 8.78 Å². The van der Waals surface area contributed by atoms with Crippen molar-refractivity contribution in [2.24, 2.45) is 0 Å². The molecule has 5 heteroatoms. The molecule has 1 saturated heterocycles. The Morgan fingerprint density at radius 2 is 2.00 bits per heavy atom. The SMILES string of the molecule is CC(F)(F)CC(=O)NC1(C)CCOCC1. The minimum absolute atomic E-state index is 0.388. The van der Waals surface area contributed by atoms with Gasteiger partial charge in [-0.05, 0) is 26.7 Å². The van der Waals surface area contributed by atoms with Crippen molar-refractivity contribution < 1.29 is 18.3 Å². The molecule has 15 heavy (non-hydrogen) atoms. The number of hydrogen-bond donors (Lipinski definition) is 1. The van der Waals surface area contributed by atoms with Crippen molar-refractivity contribution in [1.82, 2.24) is 5.32 Å². The minimum Gasteiger partial charge on any atom is -0.381 e. The molecule has 3 nitrogen and oxygen atoms in total. The summed E-state index contributed by atoms with van der Waals surface area (Å²) in [4.78, 5) is 11.3. The zero-order valence-corrected chi connectivity index (χ0v) is 9.11. The van der Waals surface area contributed by atoms with E-state index >= 15 is 0 Å². The standard InChI is InChI=1S/C10H17F2NO2/c1-9(3-5-15-6-4-9)13-8(14)7-10(2,11)12/h3-7H2,1-2H3,(H,13,14). The van der Waals surface area contributed by atoms with E-state index in [0.29, 0.717) is 26.1 Å². The fraction of sp³-hybridized carbons (Fsp3) is 0.900. The van der Waals surface area contributed by atoms with Gasteiger partial charge in [0.2, 0.25) is 5.91 Å². The van der Waals surface area contributed by atoms with Gasteiger partial charge in [-0.2, -0.15) is 0 Å². The van der Waals surface area contributed by atoms with E-state index in [1.807, 2.05) is 6.92 Å². The second-order valence-electron chi connectivity index (χ2n) is 4.47. The van der Waals surface area contributed by atoms with Gasteiger partial charge >= 0.3 is 0 Å². The van der Waals surface area contributed by atoms with Crippen LogP contribution in [0.5, 0.6) is 0 Å². The summed E-state index contributed by atoms with van der Waals surface area (Å²) in [6, 6.07) is 0. The molecule has 0 aromatic rings. The molecule has 0 radical (unpaired) electrons. The molecule has 1 heterocycles. The summed E-state index contributed by atoms with van der Waals surface area (Å²) < 4.78 is 30.3. The predicted octanol–water partition coefficient (Wildman–Crippen LogP) is 1.72. The predicted molar refractivity (Wildman–Crippen MR) is 51.8 cm³/mol. The number of carbonyl (C=O) groups excluding carboxylic acids is 1. The highest BCUT2D eigenvalue weighted by Crippen LogP contribution is 2.22. The molecule has 0 aliphatic carbocycles. The Bertz CT molecular complexity index is 232. The van der Waals surface area contributed by atoms with Crippen LogP contribution in [0.15, 0.2) is 0 Å². The van der Waals surface area contributed by atoms with E-state index in [-0.39, 0.29) is 5.54 Å². The number of hydrogen-bond acceptors (Lipinski definition) is 2. The van der Waals surface area contributed by atoms with Crippen LogP contribution in [0.3, 0.4) is 0 Å². The Balaban J connectivity index is 2.42. The first-order valence-corrected chi connectivity index (χ1v) is 5.07. The summed E-state index contributed by atoms with van der Waals surface area (Å²) in [6.45, 7) is 3.75. The fourth-order valence-electron chi connectivity index (χ4n) is 1.61. The summed E-state index contributed by atoms with van der Waals surface area (Å²) in [5.74, 6) is -3.53. The first kappa shape index (κ1) is 12.4. The van der Waals surface area contributed by atoms with Crippen molar-refractivity contribution >= 4 is 5.91 Å². The van der Waals surface area contributed by atoms with Crippen molar-refractivity contribution in [2.75, 3.05) is 13.2 Å². The number of nitrogens with one attached hydrogen (secondary N) is 1. The Kier molecular flexibility index (Phi) is 3.65. The first-order valence-electron chi connectivity index (χ1n) is 5.07. The highest BCUT2D eigenvalue weighted by molar-refractivity contribution is 5.77. The van der Waals surface area contributed by atoms with Crippen LogP contribution >= 0.6 is 0 Å². The molecule has 0 unspecified atom stereocenters. The lowest BCUT2D eigenvalue weighted by Crippen LogP contribution is -2.50. The van der Waals surface area contributed by atoms with Crippen molar-refractivity contribution in [2.45, 2.75) is 44.6 Å². The Labute approximate surface area is 88.2 Å². The Hall–Kier alpha value is -0.710. The summed E-state index contributed by atoms with van der Waals surface area (Å²) >= 11 is 0. The van der Waals surface area contributed by atoms with E-state index in [2.05, 4.69) is 5.32 Å². The molecule has 88 valence electrons. The van der Waals surface area contributed by atoms with Crippen LogP contribution in [0.4, 0.5) is 8.78 Å². The van der Waals surface area contributed by atoms with Crippen molar-refractivity contribution in [1.29, 1.82) is 0 Å². The third-order valence-electron chi connectivity index (χ3n) is 2.51. The molecule has 1 amide bonds. The van der Waals surface area contributed by atoms with Gasteiger partial charge in [0.05, 0.1) is 6.42 Å². The van der Waals surface area contributed by atoms with Gasteiger partial charge in [0, 0.05) is 18.8 Å². The normalized spacial score (nSPS) is 21.1. The molecule has 0 aromatic heterocycles. The zero-order chi connectivity index (χ0) is 11.5. The maximum Gasteiger partial charge on any atom is 0.254 e. The topological polar surface area (TPSA) is 38.3 Å². The number of amides is 1. The van der Waals surface area contributed by atoms with Gasteiger partial charge in [0.15, 0.2) is 0 Å². The lowest BCUT2D eigenvalue weighted by molar-refractivity contribution is -0.130. The highest BCUT2D eigenvalue weighted by Gasteiger charge is 2.32. The average Bonchev–Trinajstić information content (AvgIpc) is 1.99. The second kappa shape index (κ2) is 4.43. The largest absolute Gasteiger partial charge is 0.381 e. The van der Waals surface area contributed by atoms with Crippen LogP contribution in [0.2, 0.25) is 0 Å².